The van der Waals surface area contributed by atoms with Crippen LogP contribution in [-0.2, 0) is 0 Å². The molecule has 3 N–H and O–H groups in total. The summed E-state index contributed by atoms with van der Waals surface area (Å²) in [6.07, 6.45) is 1.81. The van der Waals surface area contributed by atoms with E-state index in [1.807, 2.05) is 24.4 Å². The van der Waals surface area contributed by atoms with Crippen LogP contribution in [0.15, 0.2) is 30.5 Å². The molecule has 0 aliphatic carbocycles. The smallest absolute Gasteiger partial charge is 0.253 e. The number of carbonyl (C=O) groups is 1. The van der Waals surface area contributed by atoms with Gasteiger partial charge in [-0.1, -0.05) is 12.1 Å². The van der Waals surface area contributed by atoms with Crippen LogP contribution in [0, 0.1) is 0 Å². The summed E-state index contributed by atoms with van der Waals surface area (Å²) in [5.41, 5.74) is -0.336. The number of hydrogen-bond acceptors (Lipinski definition) is 2. The molecule has 4 heteroatoms. The van der Waals surface area contributed by atoms with Gasteiger partial charge in [-0.3, -0.25) is 4.79 Å². The molecule has 4 nitrogen and oxygen atoms in total. The number of para-hydroxylation sites is 1. The van der Waals surface area contributed by atoms with Crippen LogP contribution >= 0.6 is 0 Å². The Labute approximate surface area is 112 Å². The van der Waals surface area contributed by atoms with Gasteiger partial charge < -0.3 is 15.4 Å². The highest BCUT2D eigenvalue weighted by atomic mass is 16.3. The van der Waals surface area contributed by atoms with Gasteiger partial charge in [0, 0.05) is 11.6 Å². The minimum Gasteiger partial charge on any atom is -0.388 e. The molecule has 0 saturated heterocycles. The largest absolute Gasteiger partial charge is 0.388 e. The number of aromatic nitrogens is 1. The number of rotatable bonds is 3. The zero-order valence-corrected chi connectivity index (χ0v) is 11.7. The summed E-state index contributed by atoms with van der Waals surface area (Å²) in [4.78, 5) is 15.4. The van der Waals surface area contributed by atoms with E-state index in [1.165, 1.54) is 0 Å². The van der Waals surface area contributed by atoms with Gasteiger partial charge in [-0.2, -0.15) is 0 Å². The van der Waals surface area contributed by atoms with Gasteiger partial charge in [0.15, 0.2) is 0 Å². The van der Waals surface area contributed by atoms with Crippen molar-refractivity contribution < 1.29 is 9.90 Å². The fraction of sp³-hybridized carbons (Fsp3) is 0.400. The summed E-state index contributed by atoms with van der Waals surface area (Å²) >= 11 is 0. The number of benzene rings is 1. The molecule has 1 heterocycles. The number of amides is 1. The lowest BCUT2D eigenvalue weighted by molar-refractivity contribution is -0.00289. The number of carbonyl (C=O) groups excluding carboxylic acids is 1. The molecule has 0 aliphatic rings. The highest BCUT2D eigenvalue weighted by Crippen LogP contribution is 2.23. The van der Waals surface area contributed by atoms with Crippen LogP contribution in [0.2, 0.25) is 0 Å². The predicted molar refractivity (Wildman–Crippen MR) is 76.1 cm³/mol. The average Bonchev–Trinajstić information content (AvgIpc) is 2.73. The quantitative estimate of drug-likeness (QED) is 0.793. The van der Waals surface area contributed by atoms with E-state index in [0.29, 0.717) is 5.56 Å². The Hall–Kier alpha value is -1.81. The number of fused-ring (bicyclic) bond motifs is 1. The molecule has 19 heavy (non-hydrogen) atoms. The Balaban J connectivity index is 2.33. The molecule has 0 radical (unpaired) electrons. The number of nitrogens with one attached hydrogen (secondary N) is 2. The molecule has 0 bridgehead atoms. The van der Waals surface area contributed by atoms with Crippen LogP contribution in [-0.4, -0.2) is 27.1 Å². The van der Waals surface area contributed by atoms with Crippen LogP contribution in [0.1, 0.15) is 38.1 Å². The zero-order chi connectivity index (χ0) is 14.3. The van der Waals surface area contributed by atoms with E-state index >= 15 is 0 Å². The van der Waals surface area contributed by atoms with Gasteiger partial charge in [0.25, 0.3) is 5.91 Å². The van der Waals surface area contributed by atoms with Crippen molar-refractivity contribution in [2.45, 2.75) is 38.8 Å². The van der Waals surface area contributed by atoms with Crippen molar-refractivity contribution in [1.82, 2.24) is 10.3 Å². The van der Waals surface area contributed by atoms with E-state index in [0.717, 1.165) is 10.9 Å². The molecule has 0 fully saturated rings. The number of aromatic amines is 1. The van der Waals surface area contributed by atoms with Gasteiger partial charge >= 0.3 is 0 Å². The van der Waals surface area contributed by atoms with Crippen molar-refractivity contribution in [3.63, 3.8) is 0 Å². The SMILES string of the molecule is CC(C)(O)C(C)(C)NC(=O)c1cccc2cc[nH]c12. The summed E-state index contributed by atoms with van der Waals surface area (Å²) in [7, 11) is 0. The summed E-state index contributed by atoms with van der Waals surface area (Å²) in [6.45, 7) is 6.98. The summed E-state index contributed by atoms with van der Waals surface area (Å²) in [6, 6.07) is 7.49. The Morgan fingerprint density at radius 2 is 1.89 bits per heavy atom. The molecule has 0 atom stereocenters. The van der Waals surface area contributed by atoms with E-state index < -0.39 is 11.1 Å². The molecule has 2 aromatic rings. The monoisotopic (exact) mass is 260 g/mol. The van der Waals surface area contributed by atoms with Gasteiger partial charge in [0.1, 0.15) is 0 Å². The minimum absolute atomic E-state index is 0.194. The van der Waals surface area contributed by atoms with Crippen molar-refractivity contribution in [3.05, 3.63) is 36.0 Å². The second-order valence-electron chi connectivity index (χ2n) is 5.89. The van der Waals surface area contributed by atoms with E-state index in [2.05, 4.69) is 10.3 Å². The molecule has 2 rings (SSSR count). The lowest BCUT2D eigenvalue weighted by atomic mass is 9.85. The van der Waals surface area contributed by atoms with Crippen LogP contribution in [0.5, 0.6) is 0 Å². The summed E-state index contributed by atoms with van der Waals surface area (Å²) in [5, 5.41) is 14.0. The van der Waals surface area contributed by atoms with Crippen molar-refractivity contribution in [2.75, 3.05) is 0 Å². The zero-order valence-electron chi connectivity index (χ0n) is 11.7. The third-order valence-corrected chi connectivity index (χ3v) is 3.79. The van der Waals surface area contributed by atoms with Gasteiger partial charge in [-0.05, 0) is 39.8 Å². The molecule has 0 aliphatic heterocycles. The van der Waals surface area contributed by atoms with E-state index in [4.69, 9.17) is 0 Å². The topological polar surface area (TPSA) is 65.1 Å². The first-order chi connectivity index (χ1) is 8.72. The first-order valence-corrected chi connectivity index (χ1v) is 6.33. The molecular weight excluding hydrogens is 240 g/mol. The fourth-order valence-electron chi connectivity index (χ4n) is 1.78. The predicted octanol–water partition coefficient (Wildman–Crippen LogP) is 2.45. The maximum Gasteiger partial charge on any atom is 0.253 e. The lowest BCUT2D eigenvalue weighted by Crippen LogP contribution is -2.57. The van der Waals surface area contributed by atoms with Crippen molar-refractivity contribution in [2.24, 2.45) is 0 Å². The normalized spacial score (nSPS) is 12.7. The molecule has 0 saturated carbocycles. The standard InChI is InChI=1S/C15H20N2O2/c1-14(2,15(3,4)19)17-13(18)11-7-5-6-10-8-9-16-12(10)11/h5-9,16,19H,1-4H3,(H,17,18). The first kappa shape index (κ1) is 13.6. The Kier molecular flexibility index (Phi) is 3.14. The van der Waals surface area contributed by atoms with Crippen molar-refractivity contribution in [1.29, 1.82) is 0 Å². The molecule has 102 valence electrons. The Bertz CT molecular complexity index is 606. The van der Waals surface area contributed by atoms with Gasteiger partial charge in [-0.25, -0.2) is 0 Å². The van der Waals surface area contributed by atoms with E-state index in [-0.39, 0.29) is 5.91 Å². The highest BCUT2D eigenvalue weighted by Gasteiger charge is 2.36. The first-order valence-electron chi connectivity index (χ1n) is 6.33. The van der Waals surface area contributed by atoms with Crippen molar-refractivity contribution in [3.8, 4) is 0 Å². The maximum absolute atomic E-state index is 12.4. The average molecular weight is 260 g/mol. The second kappa shape index (κ2) is 4.38. The molecule has 1 aromatic carbocycles. The Morgan fingerprint density at radius 1 is 1.21 bits per heavy atom. The maximum atomic E-state index is 12.4. The summed E-state index contributed by atoms with van der Waals surface area (Å²) in [5.74, 6) is -0.194. The van der Waals surface area contributed by atoms with Gasteiger partial charge in [-0.15, -0.1) is 0 Å². The molecular formula is C15H20N2O2. The van der Waals surface area contributed by atoms with Crippen LogP contribution < -0.4 is 5.32 Å². The molecule has 1 amide bonds. The van der Waals surface area contributed by atoms with Crippen LogP contribution in [0.25, 0.3) is 10.9 Å². The van der Waals surface area contributed by atoms with Gasteiger partial charge in [0.2, 0.25) is 0 Å². The molecule has 0 spiro atoms. The third-order valence-electron chi connectivity index (χ3n) is 3.79. The van der Waals surface area contributed by atoms with Crippen molar-refractivity contribution >= 4 is 16.8 Å². The third kappa shape index (κ3) is 2.49. The molecule has 1 aromatic heterocycles. The number of hydrogen-bond donors (Lipinski definition) is 3. The fourth-order valence-corrected chi connectivity index (χ4v) is 1.78. The van der Waals surface area contributed by atoms with Crippen LogP contribution in [0.3, 0.4) is 0 Å². The number of H-pyrrole nitrogens is 1. The van der Waals surface area contributed by atoms with E-state index in [1.54, 1.807) is 33.8 Å². The van der Waals surface area contributed by atoms with Gasteiger partial charge in [0.05, 0.1) is 22.2 Å². The second-order valence-corrected chi connectivity index (χ2v) is 5.89. The summed E-state index contributed by atoms with van der Waals surface area (Å²) < 4.78 is 0. The minimum atomic E-state index is -1.01. The van der Waals surface area contributed by atoms with Crippen LogP contribution in [0.4, 0.5) is 0 Å². The lowest BCUT2D eigenvalue weighted by Gasteiger charge is -2.38. The number of aliphatic hydroxyl groups is 1. The molecule has 0 unspecified atom stereocenters. The van der Waals surface area contributed by atoms with E-state index in [9.17, 15) is 9.90 Å². The Morgan fingerprint density at radius 3 is 2.53 bits per heavy atom. The highest BCUT2D eigenvalue weighted by molar-refractivity contribution is 6.05.